The van der Waals surface area contributed by atoms with E-state index in [0.717, 1.165) is 16.8 Å². The van der Waals surface area contributed by atoms with Crippen LogP contribution in [0.15, 0.2) is 54.7 Å². The first-order valence-corrected chi connectivity index (χ1v) is 12.7. The Kier molecular flexibility index (Phi) is 7.31. The molecule has 2 aromatic carbocycles. The molecule has 200 valence electrons. The lowest BCUT2D eigenvalue weighted by Gasteiger charge is -2.40. The summed E-state index contributed by atoms with van der Waals surface area (Å²) in [6.07, 6.45) is 1.26. The summed E-state index contributed by atoms with van der Waals surface area (Å²) in [5.74, 6) is -0.0514. The van der Waals surface area contributed by atoms with E-state index in [2.05, 4.69) is 34.4 Å². The van der Waals surface area contributed by atoms with Crippen LogP contribution >= 0.6 is 0 Å². The number of aromatic nitrogens is 2. The first-order chi connectivity index (χ1) is 17.8. The maximum absolute atomic E-state index is 13.4. The summed E-state index contributed by atoms with van der Waals surface area (Å²) in [7, 11) is 0. The number of nitrogens with two attached hydrogens (primary N) is 1. The van der Waals surface area contributed by atoms with Crippen LogP contribution in [0.3, 0.4) is 0 Å². The number of carbonyl (C=O) groups is 2. The van der Waals surface area contributed by atoms with Gasteiger partial charge in [0.25, 0.3) is 5.91 Å². The van der Waals surface area contributed by atoms with Crippen molar-refractivity contribution in [2.45, 2.75) is 65.1 Å². The number of nitrogen functional groups attached to an aromatic ring is 1. The van der Waals surface area contributed by atoms with Crippen LogP contribution in [-0.2, 0) is 16.7 Å². The third-order valence-corrected chi connectivity index (χ3v) is 6.37. The first kappa shape index (κ1) is 26.9. The number of benzene rings is 2. The Morgan fingerprint density at radius 2 is 1.87 bits per heavy atom. The average molecular weight is 517 g/mol. The number of carbonyl (C=O) groups excluding carboxylic acids is 2. The summed E-state index contributed by atoms with van der Waals surface area (Å²) < 4.78 is 5.62. The molecule has 1 atom stereocenters. The highest BCUT2D eigenvalue weighted by Gasteiger charge is 2.35. The Hall–Kier alpha value is -4.14. The minimum Gasteiger partial charge on any atom is -0.444 e. The molecule has 38 heavy (non-hydrogen) atoms. The Balaban J connectivity index is 1.53. The van der Waals surface area contributed by atoms with Crippen LogP contribution in [0.2, 0.25) is 0 Å². The lowest BCUT2D eigenvalue weighted by atomic mass is 9.78. The van der Waals surface area contributed by atoms with E-state index < -0.39 is 5.60 Å². The third-order valence-electron chi connectivity index (χ3n) is 6.37. The molecule has 4 N–H and O–H groups in total. The van der Waals surface area contributed by atoms with Crippen molar-refractivity contribution in [2.75, 3.05) is 22.9 Å². The highest BCUT2D eigenvalue weighted by molar-refractivity contribution is 6.08. The monoisotopic (exact) mass is 516 g/mol. The number of nitrogens with one attached hydrogen (secondary N) is 2. The fourth-order valence-electron chi connectivity index (χ4n) is 4.68. The van der Waals surface area contributed by atoms with Crippen LogP contribution in [0.1, 0.15) is 74.8 Å². The van der Waals surface area contributed by atoms with Crippen molar-refractivity contribution >= 4 is 29.3 Å². The van der Waals surface area contributed by atoms with Crippen LogP contribution in [-0.4, -0.2) is 39.0 Å². The summed E-state index contributed by atoms with van der Waals surface area (Å²) >= 11 is 0. The van der Waals surface area contributed by atoms with Gasteiger partial charge in [0, 0.05) is 36.1 Å². The van der Waals surface area contributed by atoms with E-state index in [1.54, 1.807) is 23.2 Å². The number of ether oxygens (including phenoxy) is 1. The Morgan fingerprint density at radius 1 is 1.13 bits per heavy atom. The van der Waals surface area contributed by atoms with Gasteiger partial charge in [-0.05, 0) is 69.2 Å². The van der Waals surface area contributed by atoms with Crippen LogP contribution in [0.25, 0.3) is 0 Å². The summed E-state index contributed by atoms with van der Waals surface area (Å²) in [6.45, 7) is 12.7. The van der Waals surface area contributed by atoms with Crippen molar-refractivity contribution in [3.05, 3.63) is 77.1 Å². The molecule has 0 saturated heterocycles. The summed E-state index contributed by atoms with van der Waals surface area (Å²) in [5, 5.41) is 6.37. The average Bonchev–Trinajstić information content (AvgIpc) is 2.82. The van der Waals surface area contributed by atoms with Gasteiger partial charge in [0.2, 0.25) is 5.95 Å². The normalized spacial score (nSPS) is 15.3. The van der Waals surface area contributed by atoms with Gasteiger partial charge in [-0.15, -0.1) is 0 Å². The lowest BCUT2D eigenvalue weighted by molar-refractivity contribution is 0.0174. The van der Waals surface area contributed by atoms with Gasteiger partial charge < -0.3 is 26.0 Å². The molecule has 9 nitrogen and oxygen atoms in total. The number of anilines is 3. The Bertz CT molecular complexity index is 1350. The molecule has 4 rings (SSSR count). The molecule has 1 unspecified atom stereocenters. The maximum atomic E-state index is 13.4. The predicted octanol–water partition coefficient (Wildman–Crippen LogP) is 5.51. The molecule has 3 aromatic rings. The van der Waals surface area contributed by atoms with Gasteiger partial charge in [-0.3, -0.25) is 4.79 Å². The van der Waals surface area contributed by atoms with Crippen molar-refractivity contribution in [3.63, 3.8) is 0 Å². The summed E-state index contributed by atoms with van der Waals surface area (Å²) in [5.41, 5.74) is 9.56. The van der Waals surface area contributed by atoms with Crippen LogP contribution < -0.4 is 16.4 Å². The van der Waals surface area contributed by atoms with E-state index in [0.29, 0.717) is 30.0 Å². The maximum Gasteiger partial charge on any atom is 0.410 e. The van der Waals surface area contributed by atoms with Crippen molar-refractivity contribution in [1.29, 1.82) is 0 Å². The molecule has 0 bridgehead atoms. The van der Waals surface area contributed by atoms with Gasteiger partial charge in [-0.25, -0.2) is 14.8 Å². The van der Waals surface area contributed by atoms with Crippen LogP contribution in [0.4, 0.5) is 22.1 Å². The van der Waals surface area contributed by atoms with E-state index in [9.17, 15) is 9.59 Å². The predicted molar refractivity (Wildman–Crippen MR) is 149 cm³/mol. The zero-order valence-corrected chi connectivity index (χ0v) is 22.8. The minimum atomic E-state index is -0.573. The van der Waals surface area contributed by atoms with E-state index in [1.165, 1.54) is 0 Å². The van der Waals surface area contributed by atoms with E-state index in [1.807, 2.05) is 64.1 Å². The van der Waals surface area contributed by atoms with E-state index >= 15 is 0 Å². The van der Waals surface area contributed by atoms with Crippen molar-refractivity contribution in [3.8, 4) is 0 Å². The van der Waals surface area contributed by atoms with Gasteiger partial charge in [0.15, 0.2) is 0 Å². The number of rotatable bonds is 5. The molecule has 1 aliphatic rings. The number of amides is 2. The molecule has 0 aliphatic carbocycles. The molecular formula is C29H36N6O3. The number of fused-ring (bicyclic) bond motifs is 1. The van der Waals surface area contributed by atoms with Crippen molar-refractivity contribution < 1.29 is 14.3 Å². The lowest BCUT2D eigenvalue weighted by Crippen LogP contribution is -2.46. The highest BCUT2D eigenvalue weighted by Crippen LogP contribution is 2.35. The molecule has 0 fully saturated rings. The SMILES string of the molecule is CC(Nc1ccccc1C(=O)Nc1ccc2c(c1)CN(C(=O)OC(C)(C)C)CC2(C)C)c1ccnc(N)n1. The van der Waals surface area contributed by atoms with Crippen LogP contribution in [0.5, 0.6) is 0 Å². The summed E-state index contributed by atoms with van der Waals surface area (Å²) in [4.78, 5) is 36.1. The van der Waals surface area contributed by atoms with Gasteiger partial charge in [-0.2, -0.15) is 0 Å². The molecule has 0 spiro atoms. The molecule has 2 heterocycles. The van der Waals surface area contributed by atoms with Gasteiger partial charge in [0.05, 0.1) is 17.3 Å². The molecule has 1 aromatic heterocycles. The number of hydrogen-bond donors (Lipinski definition) is 3. The topological polar surface area (TPSA) is 122 Å². The number of nitrogens with zero attached hydrogens (tertiary/aromatic N) is 3. The number of hydrogen-bond acceptors (Lipinski definition) is 7. The standard InChI is InChI=1S/C29H36N6O3/c1-18(23-13-14-31-26(30)34-23)32-24-10-8-7-9-21(24)25(36)33-20-11-12-22-19(15-20)16-35(17-29(22,5)6)27(37)38-28(2,3)4/h7-15,18,32H,16-17H2,1-6H3,(H,33,36)(H2,30,31,34). The molecular weight excluding hydrogens is 480 g/mol. The minimum absolute atomic E-state index is 0.195. The van der Waals surface area contributed by atoms with E-state index in [4.69, 9.17) is 10.5 Å². The quantitative estimate of drug-likeness (QED) is 0.408. The van der Waals surface area contributed by atoms with Crippen LogP contribution in [0, 0.1) is 0 Å². The highest BCUT2D eigenvalue weighted by atomic mass is 16.6. The van der Waals surface area contributed by atoms with E-state index in [-0.39, 0.29) is 29.4 Å². The number of para-hydroxylation sites is 1. The third kappa shape index (κ3) is 6.22. The van der Waals surface area contributed by atoms with Gasteiger partial charge in [0.1, 0.15) is 5.60 Å². The summed E-state index contributed by atoms with van der Waals surface area (Å²) in [6, 6.07) is 14.8. The smallest absolute Gasteiger partial charge is 0.410 e. The van der Waals surface area contributed by atoms with Gasteiger partial charge >= 0.3 is 6.09 Å². The fourth-order valence-corrected chi connectivity index (χ4v) is 4.68. The Labute approximate surface area is 223 Å². The zero-order valence-electron chi connectivity index (χ0n) is 22.8. The first-order valence-electron chi connectivity index (χ1n) is 12.7. The van der Waals surface area contributed by atoms with Gasteiger partial charge in [-0.1, -0.05) is 32.0 Å². The second kappa shape index (κ2) is 10.3. The molecule has 9 heteroatoms. The molecule has 0 radical (unpaired) electrons. The fraction of sp³-hybridized carbons (Fsp3) is 0.379. The van der Waals surface area contributed by atoms with Crippen molar-refractivity contribution in [1.82, 2.24) is 14.9 Å². The Morgan fingerprint density at radius 3 is 2.58 bits per heavy atom. The van der Waals surface area contributed by atoms with Crippen molar-refractivity contribution in [2.24, 2.45) is 0 Å². The second-order valence-corrected chi connectivity index (χ2v) is 11.3. The molecule has 0 saturated carbocycles. The second-order valence-electron chi connectivity index (χ2n) is 11.3. The molecule has 2 amide bonds. The largest absolute Gasteiger partial charge is 0.444 e. The zero-order chi connectivity index (χ0) is 27.7. The molecule has 1 aliphatic heterocycles.